The Morgan fingerprint density at radius 2 is 2.14 bits per heavy atom. The first-order chi connectivity index (χ1) is 9.91. The summed E-state index contributed by atoms with van der Waals surface area (Å²) < 4.78 is 18.5. The number of rotatable bonds is 3. The number of hydrogen-bond acceptors (Lipinski definition) is 3. The minimum absolute atomic E-state index is 0.170. The number of benzene rings is 1. The molecule has 0 aromatic heterocycles. The van der Waals surface area contributed by atoms with Crippen molar-refractivity contribution in [2.45, 2.75) is 32.2 Å². The van der Waals surface area contributed by atoms with Gasteiger partial charge in [0.05, 0.1) is 12.8 Å². The molecule has 1 unspecified atom stereocenters. The van der Waals surface area contributed by atoms with Crippen LogP contribution in [0.3, 0.4) is 0 Å². The normalized spacial score (nSPS) is 22.8. The molecule has 5 nitrogen and oxygen atoms in total. The summed E-state index contributed by atoms with van der Waals surface area (Å²) in [5.41, 5.74) is -0.493. The fourth-order valence-electron chi connectivity index (χ4n) is 2.38. The first-order valence-corrected chi connectivity index (χ1v) is 6.88. The molecule has 1 aliphatic rings. The molecule has 1 atom stereocenters. The number of amides is 2. The van der Waals surface area contributed by atoms with Crippen molar-refractivity contribution < 1.29 is 18.7 Å². The molecular formula is C15H19FN2O3. The van der Waals surface area contributed by atoms with E-state index in [2.05, 4.69) is 5.32 Å². The Balaban J connectivity index is 2.47. The lowest BCUT2D eigenvalue weighted by molar-refractivity contribution is -0.129. The van der Waals surface area contributed by atoms with E-state index in [9.17, 15) is 14.0 Å². The second-order valence-electron chi connectivity index (χ2n) is 5.26. The van der Waals surface area contributed by atoms with Crippen molar-refractivity contribution in [3.8, 4) is 5.75 Å². The average molecular weight is 294 g/mol. The zero-order chi connectivity index (χ0) is 15.6. The van der Waals surface area contributed by atoms with Crippen LogP contribution < -0.4 is 15.0 Å². The maximum Gasteiger partial charge on any atom is 0.252 e. The summed E-state index contributed by atoms with van der Waals surface area (Å²) in [6.45, 7) is 3.77. The molecule has 0 aliphatic carbocycles. The molecule has 2 rings (SSSR count). The van der Waals surface area contributed by atoms with Gasteiger partial charge in [-0.15, -0.1) is 0 Å². The van der Waals surface area contributed by atoms with E-state index in [1.54, 1.807) is 6.92 Å². The summed E-state index contributed by atoms with van der Waals surface area (Å²) >= 11 is 0. The van der Waals surface area contributed by atoms with Crippen LogP contribution in [-0.4, -0.2) is 31.0 Å². The van der Waals surface area contributed by atoms with Gasteiger partial charge in [0.15, 0.2) is 0 Å². The van der Waals surface area contributed by atoms with Crippen molar-refractivity contribution in [3.05, 3.63) is 24.0 Å². The molecule has 114 valence electrons. The number of carbonyl (C=O) groups excluding carboxylic acids is 2. The van der Waals surface area contributed by atoms with Crippen LogP contribution in [0, 0.1) is 5.82 Å². The SMILES string of the molecule is CCC1(C)NC(=O)CCN(c2ccc(F)cc2OC)C1=O. The molecule has 6 heteroatoms. The number of nitrogens with one attached hydrogen (secondary N) is 1. The van der Waals surface area contributed by atoms with Crippen LogP contribution in [0.5, 0.6) is 5.75 Å². The van der Waals surface area contributed by atoms with Crippen LogP contribution in [0.15, 0.2) is 18.2 Å². The molecule has 0 radical (unpaired) electrons. The van der Waals surface area contributed by atoms with Gasteiger partial charge in [-0.05, 0) is 25.5 Å². The van der Waals surface area contributed by atoms with Crippen LogP contribution in [0.2, 0.25) is 0 Å². The molecule has 1 N–H and O–H groups in total. The van der Waals surface area contributed by atoms with Gasteiger partial charge in [-0.2, -0.15) is 0 Å². The summed E-state index contributed by atoms with van der Waals surface area (Å²) in [6, 6.07) is 4.00. The fraction of sp³-hybridized carbons (Fsp3) is 0.467. The predicted octanol–water partition coefficient (Wildman–Crippen LogP) is 1.86. The summed E-state index contributed by atoms with van der Waals surface area (Å²) in [7, 11) is 1.42. The third-order valence-electron chi connectivity index (χ3n) is 3.83. The highest BCUT2D eigenvalue weighted by Crippen LogP contribution is 2.32. The summed E-state index contributed by atoms with van der Waals surface area (Å²) in [5.74, 6) is -0.557. The highest BCUT2D eigenvalue weighted by molar-refractivity contribution is 6.04. The van der Waals surface area contributed by atoms with Gasteiger partial charge in [0.25, 0.3) is 5.91 Å². The maximum absolute atomic E-state index is 13.3. The third kappa shape index (κ3) is 2.84. The van der Waals surface area contributed by atoms with E-state index in [0.29, 0.717) is 12.1 Å². The van der Waals surface area contributed by atoms with Crippen molar-refractivity contribution >= 4 is 17.5 Å². The Morgan fingerprint density at radius 1 is 1.43 bits per heavy atom. The first-order valence-electron chi connectivity index (χ1n) is 6.88. The lowest BCUT2D eigenvalue weighted by Crippen LogP contribution is -2.54. The van der Waals surface area contributed by atoms with Crippen LogP contribution >= 0.6 is 0 Å². The fourth-order valence-corrected chi connectivity index (χ4v) is 2.38. The van der Waals surface area contributed by atoms with E-state index in [0.717, 1.165) is 0 Å². The largest absolute Gasteiger partial charge is 0.494 e. The number of halogens is 1. The lowest BCUT2D eigenvalue weighted by Gasteiger charge is -2.31. The monoisotopic (exact) mass is 294 g/mol. The Labute approximate surface area is 123 Å². The second kappa shape index (κ2) is 5.71. The molecule has 0 bridgehead atoms. The van der Waals surface area contributed by atoms with Gasteiger partial charge in [0, 0.05) is 19.0 Å². The Bertz CT molecular complexity index is 576. The quantitative estimate of drug-likeness (QED) is 0.925. The Morgan fingerprint density at radius 3 is 2.76 bits per heavy atom. The zero-order valence-electron chi connectivity index (χ0n) is 12.4. The summed E-state index contributed by atoms with van der Waals surface area (Å²) in [5, 5.41) is 2.76. The van der Waals surface area contributed by atoms with Gasteiger partial charge >= 0.3 is 0 Å². The number of ether oxygens (including phenoxy) is 1. The summed E-state index contributed by atoms with van der Waals surface area (Å²) in [6.07, 6.45) is 0.666. The van der Waals surface area contributed by atoms with Gasteiger partial charge < -0.3 is 15.0 Å². The number of nitrogens with zero attached hydrogens (tertiary/aromatic N) is 1. The van der Waals surface area contributed by atoms with Crippen molar-refractivity contribution in [1.29, 1.82) is 0 Å². The molecule has 1 aromatic carbocycles. The van der Waals surface area contributed by atoms with E-state index >= 15 is 0 Å². The highest BCUT2D eigenvalue weighted by Gasteiger charge is 2.40. The van der Waals surface area contributed by atoms with Gasteiger partial charge in [-0.3, -0.25) is 9.59 Å². The average Bonchev–Trinajstić information content (AvgIpc) is 2.57. The molecule has 1 fully saturated rings. The molecule has 1 saturated heterocycles. The maximum atomic E-state index is 13.3. The molecule has 21 heavy (non-hydrogen) atoms. The highest BCUT2D eigenvalue weighted by atomic mass is 19.1. The van der Waals surface area contributed by atoms with Gasteiger partial charge in [-0.25, -0.2) is 4.39 Å². The van der Waals surface area contributed by atoms with Crippen molar-refractivity contribution in [1.82, 2.24) is 5.32 Å². The van der Waals surface area contributed by atoms with Crippen molar-refractivity contribution in [3.63, 3.8) is 0 Å². The Hall–Kier alpha value is -2.11. The topological polar surface area (TPSA) is 58.6 Å². The zero-order valence-corrected chi connectivity index (χ0v) is 12.4. The molecule has 1 heterocycles. The van der Waals surface area contributed by atoms with Gasteiger partial charge in [-0.1, -0.05) is 6.92 Å². The Kier molecular flexibility index (Phi) is 4.16. The van der Waals surface area contributed by atoms with E-state index in [4.69, 9.17) is 4.74 Å². The van der Waals surface area contributed by atoms with E-state index < -0.39 is 11.4 Å². The molecule has 1 aliphatic heterocycles. The van der Waals surface area contributed by atoms with Crippen LogP contribution in [0.4, 0.5) is 10.1 Å². The molecule has 0 saturated carbocycles. The first kappa shape index (κ1) is 15.3. The van der Waals surface area contributed by atoms with Crippen LogP contribution in [-0.2, 0) is 9.59 Å². The third-order valence-corrected chi connectivity index (χ3v) is 3.83. The smallest absolute Gasteiger partial charge is 0.252 e. The minimum Gasteiger partial charge on any atom is -0.494 e. The van der Waals surface area contributed by atoms with Crippen LogP contribution in [0.1, 0.15) is 26.7 Å². The molecule has 1 aromatic rings. The molecular weight excluding hydrogens is 275 g/mol. The van der Waals surface area contributed by atoms with E-state index in [1.165, 1.54) is 30.2 Å². The lowest BCUT2D eigenvalue weighted by atomic mass is 9.97. The van der Waals surface area contributed by atoms with E-state index in [1.807, 2.05) is 6.92 Å². The van der Waals surface area contributed by atoms with Gasteiger partial charge in [0.1, 0.15) is 17.1 Å². The molecule has 2 amide bonds. The second-order valence-corrected chi connectivity index (χ2v) is 5.26. The summed E-state index contributed by atoms with van der Waals surface area (Å²) in [4.78, 5) is 26.1. The van der Waals surface area contributed by atoms with Crippen LogP contribution in [0.25, 0.3) is 0 Å². The number of methoxy groups -OCH3 is 1. The minimum atomic E-state index is -0.965. The molecule has 0 spiro atoms. The number of carbonyl (C=O) groups is 2. The van der Waals surface area contributed by atoms with Crippen molar-refractivity contribution in [2.75, 3.05) is 18.6 Å². The van der Waals surface area contributed by atoms with E-state index in [-0.39, 0.29) is 30.5 Å². The van der Waals surface area contributed by atoms with Crippen molar-refractivity contribution in [2.24, 2.45) is 0 Å². The number of anilines is 1. The standard InChI is InChI=1S/C15H19FN2O3/c1-4-15(2)14(20)18(8-7-13(19)17-15)11-6-5-10(16)9-12(11)21-3/h5-6,9H,4,7-8H2,1-3H3,(H,17,19). The van der Waals surface area contributed by atoms with Gasteiger partial charge in [0.2, 0.25) is 5.91 Å². The number of hydrogen-bond donors (Lipinski definition) is 1. The predicted molar refractivity (Wildman–Crippen MR) is 76.8 cm³/mol.